The predicted octanol–water partition coefficient (Wildman–Crippen LogP) is 4.44. The molecule has 128 valence electrons. The van der Waals surface area contributed by atoms with Gasteiger partial charge in [0.25, 0.3) is 0 Å². The highest BCUT2D eigenvalue weighted by Crippen LogP contribution is 2.22. The van der Waals surface area contributed by atoms with Crippen LogP contribution in [0.5, 0.6) is 5.75 Å². The molecular formula is C18H21ClN2O2S. The lowest BCUT2D eigenvalue weighted by molar-refractivity contribution is 0.198. The van der Waals surface area contributed by atoms with Gasteiger partial charge in [0.15, 0.2) is 0 Å². The summed E-state index contributed by atoms with van der Waals surface area (Å²) >= 11 is 7.42. The fraction of sp³-hybridized carbons (Fsp3) is 0.278. The van der Waals surface area contributed by atoms with Gasteiger partial charge in [-0.15, -0.1) is 17.9 Å². The summed E-state index contributed by atoms with van der Waals surface area (Å²) in [5.41, 5.74) is 1.06. The van der Waals surface area contributed by atoms with Crippen LogP contribution in [-0.2, 0) is 13.0 Å². The fourth-order valence-corrected chi connectivity index (χ4v) is 3.44. The largest absolute Gasteiger partial charge is 0.508 e. The molecule has 1 aromatic heterocycles. The zero-order valence-corrected chi connectivity index (χ0v) is 15.1. The Kier molecular flexibility index (Phi) is 6.70. The van der Waals surface area contributed by atoms with E-state index in [1.54, 1.807) is 23.1 Å². The normalized spacial score (nSPS) is 11.8. The van der Waals surface area contributed by atoms with Gasteiger partial charge < -0.3 is 15.3 Å². The van der Waals surface area contributed by atoms with Gasteiger partial charge in [-0.3, -0.25) is 0 Å². The first-order valence-electron chi connectivity index (χ1n) is 7.66. The molecule has 0 fully saturated rings. The molecule has 2 aromatic rings. The predicted molar refractivity (Wildman–Crippen MR) is 99.7 cm³/mol. The molecule has 0 bridgehead atoms. The molecule has 0 saturated heterocycles. The third kappa shape index (κ3) is 5.58. The zero-order chi connectivity index (χ0) is 17.5. The number of urea groups is 1. The first-order valence-corrected chi connectivity index (χ1v) is 8.86. The Hall–Kier alpha value is -1.98. The lowest BCUT2D eigenvalue weighted by Gasteiger charge is -2.24. The molecule has 4 nitrogen and oxygen atoms in total. The summed E-state index contributed by atoms with van der Waals surface area (Å²) in [7, 11) is 0. The molecular weight excluding hydrogens is 344 g/mol. The van der Waals surface area contributed by atoms with Crippen LogP contribution in [-0.4, -0.2) is 28.6 Å². The number of hydrogen-bond acceptors (Lipinski definition) is 3. The first kappa shape index (κ1) is 18.4. The van der Waals surface area contributed by atoms with Crippen LogP contribution in [0.15, 0.2) is 49.1 Å². The number of benzene rings is 1. The van der Waals surface area contributed by atoms with Crippen molar-refractivity contribution in [1.82, 2.24) is 10.2 Å². The monoisotopic (exact) mass is 364 g/mol. The summed E-state index contributed by atoms with van der Waals surface area (Å²) in [4.78, 5) is 15.2. The van der Waals surface area contributed by atoms with E-state index in [4.69, 9.17) is 11.6 Å². The summed E-state index contributed by atoms with van der Waals surface area (Å²) in [6.45, 7) is 6.64. The highest BCUT2D eigenvalue weighted by molar-refractivity contribution is 7.16. The molecule has 2 N–H and O–H groups in total. The molecule has 6 heteroatoms. The summed E-state index contributed by atoms with van der Waals surface area (Å²) in [5, 5.41) is 12.3. The Morgan fingerprint density at radius 2 is 2.08 bits per heavy atom. The number of hydrogen-bond donors (Lipinski definition) is 2. The lowest BCUT2D eigenvalue weighted by atomic mass is 10.1. The fourth-order valence-electron chi connectivity index (χ4n) is 2.34. The number of amides is 2. The topological polar surface area (TPSA) is 52.6 Å². The Balaban J connectivity index is 1.93. The average Bonchev–Trinajstić information content (AvgIpc) is 2.94. The quantitative estimate of drug-likeness (QED) is 0.714. The van der Waals surface area contributed by atoms with E-state index in [1.807, 2.05) is 31.2 Å². The molecule has 0 aliphatic rings. The van der Waals surface area contributed by atoms with Crippen LogP contribution in [0.3, 0.4) is 0 Å². The van der Waals surface area contributed by atoms with Crippen molar-refractivity contribution in [2.45, 2.75) is 25.9 Å². The average molecular weight is 365 g/mol. The van der Waals surface area contributed by atoms with E-state index in [1.165, 1.54) is 11.3 Å². The summed E-state index contributed by atoms with van der Waals surface area (Å²) in [6, 6.07) is 10.6. The van der Waals surface area contributed by atoms with Gasteiger partial charge in [0.2, 0.25) is 0 Å². The van der Waals surface area contributed by atoms with Crippen molar-refractivity contribution in [3.63, 3.8) is 0 Å². The minimum atomic E-state index is -0.134. The Morgan fingerprint density at radius 3 is 2.67 bits per heavy atom. The lowest BCUT2D eigenvalue weighted by Crippen LogP contribution is -2.44. The van der Waals surface area contributed by atoms with Crippen LogP contribution >= 0.6 is 22.9 Å². The van der Waals surface area contributed by atoms with Crippen LogP contribution in [0, 0.1) is 0 Å². The number of nitrogens with one attached hydrogen (secondary N) is 1. The number of phenols is 1. The molecule has 0 unspecified atom stereocenters. The highest BCUT2D eigenvalue weighted by atomic mass is 35.5. The van der Waals surface area contributed by atoms with Crippen molar-refractivity contribution in [2.24, 2.45) is 0 Å². The van der Waals surface area contributed by atoms with Gasteiger partial charge in [0, 0.05) is 17.5 Å². The molecule has 0 spiro atoms. The number of aromatic hydroxyl groups is 1. The van der Waals surface area contributed by atoms with Gasteiger partial charge in [-0.1, -0.05) is 29.8 Å². The van der Waals surface area contributed by atoms with Crippen molar-refractivity contribution in [2.75, 3.05) is 6.54 Å². The van der Waals surface area contributed by atoms with Crippen molar-refractivity contribution in [3.05, 3.63) is 63.8 Å². The maximum Gasteiger partial charge on any atom is 0.318 e. The van der Waals surface area contributed by atoms with E-state index >= 15 is 0 Å². The molecule has 2 rings (SSSR count). The second kappa shape index (κ2) is 8.76. The highest BCUT2D eigenvalue weighted by Gasteiger charge is 2.16. The molecule has 0 radical (unpaired) electrons. The van der Waals surface area contributed by atoms with E-state index < -0.39 is 0 Å². The van der Waals surface area contributed by atoms with Crippen molar-refractivity contribution >= 4 is 29.0 Å². The molecule has 0 aliphatic heterocycles. The van der Waals surface area contributed by atoms with Crippen LogP contribution in [0.25, 0.3) is 0 Å². The number of thiophene rings is 1. The summed E-state index contributed by atoms with van der Waals surface area (Å²) in [6.07, 6.45) is 2.40. The van der Waals surface area contributed by atoms with E-state index in [9.17, 15) is 9.90 Å². The number of halogens is 1. The molecule has 0 aliphatic carbocycles. The van der Waals surface area contributed by atoms with E-state index in [-0.39, 0.29) is 17.8 Å². The van der Waals surface area contributed by atoms with Gasteiger partial charge in [-0.2, -0.15) is 0 Å². The van der Waals surface area contributed by atoms with Gasteiger partial charge >= 0.3 is 6.03 Å². The Bertz CT molecular complexity index is 685. The third-order valence-electron chi connectivity index (χ3n) is 3.46. The van der Waals surface area contributed by atoms with Gasteiger partial charge in [-0.05, 0) is 43.2 Å². The van der Waals surface area contributed by atoms with E-state index in [0.29, 0.717) is 23.8 Å². The Morgan fingerprint density at radius 1 is 1.38 bits per heavy atom. The van der Waals surface area contributed by atoms with Gasteiger partial charge in [-0.25, -0.2) is 4.79 Å². The molecule has 1 heterocycles. The summed E-state index contributed by atoms with van der Waals surface area (Å²) < 4.78 is 0.713. The smallest absolute Gasteiger partial charge is 0.318 e. The molecule has 24 heavy (non-hydrogen) atoms. The molecule has 1 aromatic carbocycles. The second-order valence-electron chi connectivity index (χ2n) is 5.60. The van der Waals surface area contributed by atoms with Crippen molar-refractivity contribution < 1.29 is 9.90 Å². The maximum atomic E-state index is 12.5. The number of carbonyl (C=O) groups excluding carboxylic acids is 1. The van der Waals surface area contributed by atoms with Gasteiger partial charge in [0.05, 0.1) is 10.9 Å². The van der Waals surface area contributed by atoms with Crippen LogP contribution < -0.4 is 5.32 Å². The van der Waals surface area contributed by atoms with Crippen LogP contribution in [0.4, 0.5) is 4.79 Å². The van der Waals surface area contributed by atoms with E-state index in [2.05, 4.69) is 11.9 Å². The molecule has 2 amide bonds. The van der Waals surface area contributed by atoms with Crippen LogP contribution in [0.2, 0.25) is 4.34 Å². The molecule has 1 atom stereocenters. The third-order valence-corrected chi connectivity index (χ3v) is 4.68. The number of nitrogens with zero attached hydrogens (tertiary/aromatic N) is 1. The van der Waals surface area contributed by atoms with Crippen LogP contribution in [0.1, 0.15) is 17.4 Å². The standard InChI is InChI=1S/C18H21ClN2O2S/c1-3-10-21(12-16-8-9-17(19)24-16)18(23)20-13(2)11-14-4-6-15(22)7-5-14/h3-9,13,22H,1,10-12H2,2H3,(H,20,23)/t13-/m0/s1. The van der Waals surface area contributed by atoms with E-state index in [0.717, 1.165) is 10.4 Å². The minimum absolute atomic E-state index is 0.0266. The van der Waals surface area contributed by atoms with Crippen molar-refractivity contribution in [3.8, 4) is 5.75 Å². The molecule has 0 saturated carbocycles. The second-order valence-corrected chi connectivity index (χ2v) is 7.40. The van der Waals surface area contributed by atoms with Crippen molar-refractivity contribution in [1.29, 1.82) is 0 Å². The summed E-state index contributed by atoms with van der Waals surface area (Å²) in [5.74, 6) is 0.238. The number of rotatable bonds is 7. The van der Waals surface area contributed by atoms with Gasteiger partial charge in [0.1, 0.15) is 5.75 Å². The zero-order valence-electron chi connectivity index (χ0n) is 13.5. The SMILES string of the molecule is C=CCN(Cc1ccc(Cl)s1)C(=O)N[C@@H](C)Cc1ccc(O)cc1. The maximum absolute atomic E-state index is 12.5. The minimum Gasteiger partial charge on any atom is -0.508 e. The number of phenolic OH excluding ortho intramolecular Hbond substituents is 1. The number of carbonyl (C=O) groups is 1. The Labute approximate surface area is 151 Å². The first-order chi connectivity index (χ1) is 11.5.